The summed E-state index contributed by atoms with van der Waals surface area (Å²) >= 11 is 7.37. The van der Waals surface area contributed by atoms with E-state index >= 15 is 0 Å². The fraction of sp³-hybridized carbons (Fsp3) is 0.750. The van der Waals surface area contributed by atoms with Crippen LogP contribution >= 0.6 is 23.6 Å². The Morgan fingerprint density at radius 1 is 0.900 bits per heavy atom. The zero-order valence-electron chi connectivity index (χ0n) is 18.5. The maximum atomic E-state index is 12.5. The first kappa shape index (κ1) is 23.5. The third kappa shape index (κ3) is 6.94. The number of ether oxygens (including phenoxy) is 1. The molecule has 2 aliphatic carbocycles. The number of fused-ring (bicyclic) bond motifs is 1. The summed E-state index contributed by atoms with van der Waals surface area (Å²) in [5.74, 6) is -0.245. The molecule has 4 nitrogen and oxygen atoms in total. The summed E-state index contributed by atoms with van der Waals surface area (Å²) in [4.78, 5) is 13.9. The maximum Gasteiger partial charge on any atom is 0.341 e. The Hall–Kier alpha value is -1.14. The van der Waals surface area contributed by atoms with Gasteiger partial charge in [0, 0.05) is 10.9 Å². The molecular weight excluding hydrogens is 412 g/mol. The number of rotatable bonds is 3. The van der Waals surface area contributed by atoms with Gasteiger partial charge in [-0.25, -0.2) is 4.79 Å². The first-order valence-electron chi connectivity index (χ1n) is 12.0. The number of carbonyl (C=O) groups is 1. The Labute approximate surface area is 191 Å². The third-order valence-corrected chi connectivity index (χ3v) is 7.91. The van der Waals surface area contributed by atoms with Crippen LogP contribution in [0, 0.1) is 0 Å². The third-order valence-electron chi connectivity index (χ3n) is 6.48. The summed E-state index contributed by atoms with van der Waals surface area (Å²) in [6.07, 6.45) is 20.0. The summed E-state index contributed by atoms with van der Waals surface area (Å²) in [7, 11) is 1.47. The zero-order valence-corrected chi connectivity index (χ0v) is 20.2. The molecule has 0 aliphatic heterocycles. The molecule has 6 heteroatoms. The SMILES string of the molecule is COC(=O)c1c(NC(=S)NC2CCCCCCCCCCC2)sc2c1CCCCC2. The van der Waals surface area contributed by atoms with Crippen molar-refractivity contribution in [3.05, 3.63) is 16.0 Å². The van der Waals surface area contributed by atoms with E-state index in [1.165, 1.54) is 101 Å². The standard InChI is InChI=1S/C24H38N2O2S2/c1-28-23(27)21-19-16-12-9-13-17-20(19)30-22(21)26-24(29)25-18-14-10-7-5-3-2-4-6-8-11-15-18/h18H,2-17H2,1H3,(H2,25,26,29). The summed E-state index contributed by atoms with van der Waals surface area (Å²) in [5, 5.41) is 8.45. The van der Waals surface area contributed by atoms with Crippen LogP contribution < -0.4 is 10.6 Å². The number of hydrogen-bond donors (Lipinski definition) is 2. The highest BCUT2D eigenvalue weighted by atomic mass is 32.1. The van der Waals surface area contributed by atoms with Gasteiger partial charge in [-0.05, 0) is 56.3 Å². The van der Waals surface area contributed by atoms with Crippen molar-refractivity contribution in [1.29, 1.82) is 0 Å². The Morgan fingerprint density at radius 2 is 1.47 bits per heavy atom. The van der Waals surface area contributed by atoms with Gasteiger partial charge in [-0.2, -0.15) is 0 Å². The van der Waals surface area contributed by atoms with Gasteiger partial charge in [-0.15, -0.1) is 11.3 Å². The number of nitrogens with one attached hydrogen (secondary N) is 2. The number of thiophene rings is 1. The molecule has 1 fully saturated rings. The summed E-state index contributed by atoms with van der Waals surface area (Å²) in [5.41, 5.74) is 1.89. The molecule has 2 N–H and O–H groups in total. The molecule has 3 rings (SSSR count). The van der Waals surface area contributed by atoms with Gasteiger partial charge in [0.05, 0.1) is 12.7 Å². The lowest BCUT2D eigenvalue weighted by Crippen LogP contribution is -2.38. The van der Waals surface area contributed by atoms with E-state index in [1.807, 2.05) is 0 Å². The van der Waals surface area contributed by atoms with Crippen LogP contribution in [-0.4, -0.2) is 24.2 Å². The second-order valence-corrected chi connectivity index (χ2v) is 10.3. The van der Waals surface area contributed by atoms with Crippen molar-refractivity contribution in [1.82, 2.24) is 5.32 Å². The molecule has 168 valence electrons. The van der Waals surface area contributed by atoms with Crippen LogP contribution in [0.4, 0.5) is 5.00 Å². The Kier molecular flexibility index (Phi) is 9.92. The predicted molar refractivity (Wildman–Crippen MR) is 131 cm³/mol. The van der Waals surface area contributed by atoms with Gasteiger partial charge in [-0.1, -0.05) is 64.2 Å². The van der Waals surface area contributed by atoms with Crippen molar-refractivity contribution in [2.24, 2.45) is 0 Å². The van der Waals surface area contributed by atoms with Gasteiger partial charge in [0.2, 0.25) is 0 Å². The van der Waals surface area contributed by atoms with E-state index in [0.29, 0.717) is 16.7 Å². The molecule has 2 aliphatic rings. The molecular formula is C24H38N2O2S2. The molecule has 0 radical (unpaired) electrons. The van der Waals surface area contributed by atoms with Crippen molar-refractivity contribution in [2.75, 3.05) is 12.4 Å². The van der Waals surface area contributed by atoms with Gasteiger partial charge < -0.3 is 15.4 Å². The predicted octanol–water partition coefficient (Wildman–Crippen LogP) is 6.76. The van der Waals surface area contributed by atoms with E-state index < -0.39 is 0 Å². The fourth-order valence-electron chi connectivity index (χ4n) is 4.78. The molecule has 1 aromatic rings. The highest BCUT2D eigenvalue weighted by Crippen LogP contribution is 2.38. The molecule has 0 saturated heterocycles. The first-order valence-corrected chi connectivity index (χ1v) is 13.2. The van der Waals surface area contributed by atoms with Crippen molar-refractivity contribution in [2.45, 2.75) is 109 Å². The Morgan fingerprint density at radius 3 is 2.10 bits per heavy atom. The number of carbonyl (C=O) groups excluding carboxylic acids is 1. The number of hydrogen-bond acceptors (Lipinski definition) is 4. The van der Waals surface area contributed by atoms with Crippen molar-refractivity contribution < 1.29 is 9.53 Å². The van der Waals surface area contributed by atoms with Gasteiger partial charge >= 0.3 is 5.97 Å². The number of esters is 1. The summed E-state index contributed by atoms with van der Waals surface area (Å²) in [6, 6.07) is 0.420. The quantitative estimate of drug-likeness (QED) is 0.302. The molecule has 0 bridgehead atoms. The lowest BCUT2D eigenvalue weighted by Gasteiger charge is -2.21. The van der Waals surface area contributed by atoms with E-state index in [-0.39, 0.29) is 5.97 Å². The zero-order chi connectivity index (χ0) is 21.2. The summed E-state index contributed by atoms with van der Waals surface area (Å²) < 4.78 is 5.12. The highest BCUT2D eigenvalue weighted by Gasteiger charge is 2.26. The summed E-state index contributed by atoms with van der Waals surface area (Å²) in [6.45, 7) is 0. The number of anilines is 1. The van der Waals surface area contributed by atoms with Crippen LogP contribution in [-0.2, 0) is 17.6 Å². The minimum absolute atomic E-state index is 0.245. The van der Waals surface area contributed by atoms with Gasteiger partial charge in [0.1, 0.15) is 5.00 Å². The molecule has 0 spiro atoms. The van der Waals surface area contributed by atoms with Gasteiger partial charge in [0.15, 0.2) is 5.11 Å². The normalized spacial score (nSPS) is 19.5. The first-order chi connectivity index (χ1) is 14.7. The van der Waals surface area contributed by atoms with E-state index in [2.05, 4.69) is 10.6 Å². The van der Waals surface area contributed by atoms with Gasteiger partial charge in [-0.3, -0.25) is 0 Å². The fourth-order valence-corrected chi connectivity index (χ4v) is 6.40. The van der Waals surface area contributed by atoms with Crippen LogP contribution in [0.5, 0.6) is 0 Å². The molecule has 1 aromatic heterocycles. The van der Waals surface area contributed by atoms with Gasteiger partial charge in [0.25, 0.3) is 0 Å². The minimum atomic E-state index is -0.245. The van der Waals surface area contributed by atoms with Crippen molar-refractivity contribution in [3.63, 3.8) is 0 Å². The molecule has 1 heterocycles. The molecule has 30 heavy (non-hydrogen) atoms. The van der Waals surface area contributed by atoms with E-state index in [4.69, 9.17) is 17.0 Å². The van der Waals surface area contributed by atoms with Crippen LogP contribution in [0.3, 0.4) is 0 Å². The number of thiocarbonyl (C=S) groups is 1. The largest absolute Gasteiger partial charge is 0.465 e. The topological polar surface area (TPSA) is 50.4 Å². The lowest BCUT2D eigenvalue weighted by atomic mass is 9.98. The lowest BCUT2D eigenvalue weighted by molar-refractivity contribution is 0.0601. The van der Waals surface area contributed by atoms with Crippen LogP contribution in [0.2, 0.25) is 0 Å². The Balaban J connectivity index is 1.64. The maximum absolute atomic E-state index is 12.5. The van der Waals surface area contributed by atoms with Crippen LogP contribution in [0.15, 0.2) is 0 Å². The van der Waals surface area contributed by atoms with Crippen LogP contribution in [0.1, 0.15) is 111 Å². The van der Waals surface area contributed by atoms with E-state index in [9.17, 15) is 4.79 Å². The molecule has 0 amide bonds. The van der Waals surface area contributed by atoms with Crippen LogP contribution in [0.25, 0.3) is 0 Å². The van der Waals surface area contributed by atoms with Crippen molar-refractivity contribution in [3.8, 4) is 0 Å². The average molecular weight is 451 g/mol. The second kappa shape index (κ2) is 12.7. The highest BCUT2D eigenvalue weighted by molar-refractivity contribution is 7.80. The molecule has 0 atom stereocenters. The molecule has 1 saturated carbocycles. The van der Waals surface area contributed by atoms with Crippen molar-refractivity contribution >= 4 is 39.6 Å². The minimum Gasteiger partial charge on any atom is -0.465 e. The second-order valence-electron chi connectivity index (χ2n) is 8.81. The monoisotopic (exact) mass is 450 g/mol. The van der Waals surface area contributed by atoms with E-state index in [1.54, 1.807) is 11.3 Å². The average Bonchev–Trinajstić information content (AvgIpc) is 2.89. The number of methoxy groups -OCH3 is 1. The number of aryl methyl sites for hydroxylation is 1. The molecule has 0 aromatic carbocycles. The molecule has 0 unspecified atom stereocenters. The smallest absolute Gasteiger partial charge is 0.341 e. The van der Waals surface area contributed by atoms with E-state index in [0.717, 1.165) is 24.3 Å². The Bertz CT molecular complexity index is 690.